The first-order chi connectivity index (χ1) is 13.0. The van der Waals surface area contributed by atoms with E-state index in [-0.39, 0.29) is 17.8 Å². The van der Waals surface area contributed by atoms with Crippen LogP contribution in [0.3, 0.4) is 0 Å². The van der Waals surface area contributed by atoms with Gasteiger partial charge in [-0.15, -0.1) is 0 Å². The number of aryl methyl sites for hydroxylation is 1. The molecule has 0 unspecified atom stereocenters. The van der Waals surface area contributed by atoms with E-state index < -0.39 is 0 Å². The molecule has 1 aromatic carbocycles. The van der Waals surface area contributed by atoms with Crippen LogP contribution in [0.5, 0.6) is 0 Å². The summed E-state index contributed by atoms with van der Waals surface area (Å²) in [5.74, 6) is 0.223. The highest BCUT2D eigenvalue weighted by atomic mass is 19.1. The van der Waals surface area contributed by atoms with Crippen LogP contribution in [0.1, 0.15) is 34.8 Å². The zero-order valence-electron chi connectivity index (χ0n) is 14.9. The van der Waals surface area contributed by atoms with Gasteiger partial charge in [-0.1, -0.05) is 0 Å². The molecule has 0 fully saturated rings. The fraction of sp³-hybridized carbons (Fsp3) is 0.150. The molecule has 0 bridgehead atoms. The van der Waals surface area contributed by atoms with E-state index in [1.54, 1.807) is 41.1 Å². The van der Waals surface area contributed by atoms with E-state index in [0.29, 0.717) is 22.7 Å². The number of imidazole rings is 2. The first kappa shape index (κ1) is 17.0. The van der Waals surface area contributed by atoms with Crippen molar-refractivity contribution in [3.8, 4) is 11.3 Å². The molecule has 0 spiro atoms. The van der Waals surface area contributed by atoms with Crippen LogP contribution in [0.2, 0.25) is 0 Å². The van der Waals surface area contributed by atoms with Crippen molar-refractivity contribution < 1.29 is 9.18 Å². The highest BCUT2D eigenvalue weighted by Gasteiger charge is 2.15. The van der Waals surface area contributed by atoms with Crippen LogP contribution >= 0.6 is 0 Å². The molecule has 27 heavy (non-hydrogen) atoms. The van der Waals surface area contributed by atoms with E-state index in [1.165, 1.54) is 12.1 Å². The van der Waals surface area contributed by atoms with Crippen LogP contribution in [0.15, 0.2) is 55.0 Å². The largest absolute Gasteiger partial charge is 0.344 e. The number of aromatic amines is 1. The molecule has 0 aliphatic carbocycles. The second-order valence-corrected chi connectivity index (χ2v) is 6.46. The van der Waals surface area contributed by atoms with Gasteiger partial charge < -0.3 is 14.7 Å². The number of halogens is 1. The average Bonchev–Trinajstić information content (AvgIpc) is 3.27. The number of pyridine rings is 1. The number of amides is 1. The Bertz CT molecular complexity index is 1110. The summed E-state index contributed by atoms with van der Waals surface area (Å²) in [4.78, 5) is 24.4. The molecule has 136 valence electrons. The van der Waals surface area contributed by atoms with Crippen LogP contribution in [0.4, 0.5) is 4.39 Å². The number of hydrogen-bond donors (Lipinski definition) is 2. The molecule has 1 amide bonds. The number of aromatic nitrogens is 4. The summed E-state index contributed by atoms with van der Waals surface area (Å²) in [5, 5.41) is 2.93. The number of H-pyrrole nitrogens is 1. The summed E-state index contributed by atoms with van der Waals surface area (Å²) in [6.07, 6.45) is 5.27. The molecular formula is C20H18FN5O. The number of hydrogen-bond acceptors (Lipinski definition) is 3. The number of carbonyl (C=O) groups excluding carboxylic acids is 1. The molecule has 3 aromatic heterocycles. The first-order valence-corrected chi connectivity index (χ1v) is 8.56. The van der Waals surface area contributed by atoms with Gasteiger partial charge in [0.15, 0.2) is 0 Å². The highest BCUT2D eigenvalue weighted by Crippen LogP contribution is 2.20. The minimum absolute atomic E-state index is 0.199. The number of nitrogens with one attached hydrogen (secondary N) is 2. The minimum Gasteiger partial charge on any atom is -0.344 e. The average molecular weight is 363 g/mol. The van der Waals surface area contributed by atoms with Gasteiger partial charge in [0.2, 0.25) is 0 Å². The van der Waals surface area contributed by atoms with Crippen LogP contribution < -0.4 is 5.32 Å². The van der Waals surface area contributed by atoms with Crippen molar-refractivity contribution in [1.82, 2.24) is 24.7 Å². The van der Waals surface area contributed by atoms with Crippen LogP contribution in [-0.4, -0.2) is 25.3 Å². The second-order valence-electron chi connectivity index (χ2n) is 6.46. The molecule has 0 saturated heterocycles. The third-order valence-electron chi connectivity index (χ3n) is 4.33. The van der Waals surface area contributed by atoms with Gasteiger partial charge in [-0.25, -0.2) is 14.4 Å². The van der Waals surface area contributed by atoms with Gasteiger partial charge in [-0.2, -0.15) is 0 Å². The summed E-state index contributed by atoms with van der Waals surface area (Å²) < 4.78 is 14.9. The van der Waals surface area contributed by atoms with Crippen LogP contribution in [0.25, 0.3) is 16.9 Å². The number of benzene rings is 1. The third kappa shape index (κ3) is 3.44. The zero-order valence-corrected chi connectivity index (χ0v) is 14.9. The van der Waals surface area contributed by atoms with Crippen molar-refractivity contribution in [2.24, 2.45) is 0 Å². The first-order valence-electron chi connectivity index (χ1n) is 8.56. The lowest BCUT2D eigenvalue weighted by Crippen LogP contribution is -2.27. The summed E-state index contributed by atoms with van der Waals surface area (Å²) in [5.41, 5.74) is 3.69. The van der Waals surface area contributed by atoms with Crippen LogP contribution in [0, 0.1) is 12.7 Å². The third-order valence-corrected chi connectivity index (χ3v) is 4.33. The lowest BCUT2D eigenvalue weighted by Gasteiger charge is -2.11. The number of fused-ring (bicyclic) bond motifs is 1. The SMILES string of the molecule is Cc1cnc([C@@H](C)NC(=O)c2ccc3nc(-c4ccc(F)cc4)cn3c2)[nH]1. The summed E-state index contributed by atoms with van der Waals surface area (Å²) in [6, 6.07) is 9.43. The van der Waals surface area contributed by atoms with E-state index >= 15 is 0 Å². The van der Waals surface area contributed by atoms with Gasteiger partial charge in [0.1, 0.15) is 17.3 Å². The molecular weight excluding hydrogens is 345 g/mol. The predicted octanol–water partition coefficient (Wildman–Crippen LogP) is 3.66. The zero-order chi connectivity index (χ0) is 19.0. The fourth-order valence-corrected chi connectivity index (χ4v) is 2.89. The van der Waals surface area contributed by atoms with Gasteiger partial charge in [-0.3, -0.25) is 4.79 Å². The van der Waals surface area contributed by atoms with Crippen molar-refractivity contribution in [3.05, 3.63) is 77.9 Å². The van der Waals surface area contributed by atoms with E-state index in [4.69, 9.17) is 0 Å². The van der Waals surface area contributed by atoms with Crippen molar-refractivity contribution in [2.45, 2.75) is 19.9 Å². The van der Waals surface area contributed by atoms with E-state index in [1.807, 2.05) is 20.0 Å². The Hall–Kier alpha value is -3.48. The van der Waals surface area contributed by atoms with Crippen molar-refractivity contribution in [1.29, 1.82) is 0 Å². The molecule has 1 atom stereocenters. The Morgan fingerprint density at radius 2 is 1.96 bits per heavy atom. The van der Waals surface area contributed by atoms with Crippen molar-refractivity contribution >= 4 is 11.6 Å². The number of nitrogens with zero attached hydrogens (tertiary/aromatic N) is 3. The quantitative estimate of drug-likeness (QED) is 0.581. The maximum Gasteiger partial charge on any atom is 0.253 e. The van der Waals surface area contributed by atoms with Gasteiger partial charge in [0, 0.05) is 29.8 Å². The molecule has 6 nitrogen and oxygen atoms in total. The maximum absolute atomic E-state index is 13.1. The maximum atomic E-state index is 13.1. The Morgan fingerprint density at radius 1 is 1.19 bits per heavy atom. The Balaban J connectivity index is 1.57. The van der Waals surface area contributed by atoms with Crippen molar-refractivity contribution in [2.75, 3.05) is 0 Å². The molecule has 7 heteroatoms. The monoisotopic (exact) mass is 363 g/mol. The van der Waals surface area contributed by atoms with E-state index in [0.717, 1.165) is 11.3 Å². The Morgan fingerprint density at radius 3 is 2.67 bits per heavy atom. The normalized spacial score (nSPS) is 12.3. The predicted molar refractivity (Wildman–Crippen MR) is 99.8 cm³/mol. The molecule has 2 N–H and O–H groups in total. The lowest BCUT2D eigenvalue weighted by atomic mass is 10.2. The lowest BCUT2D eigenvalue weighted by molar-refractivity contribution is 0.0938. The van der Waals surface area contributed by atoms with E-state index in [2.05, 4.69) is 20.3 Å². The van der Waals surface area contributed by atoms with Gasteiger partial charge in [0.25, 0.3) is 5.91 Å². The molecule has 0 aliphatic rings. The van der Waals surface area contributed by atoms with Crippen LogP contribution in [-0.2, 0) is 0 Å². The fourth-order valence-electron chi connectivity index (χ4n) is 2.89. The number of rotatable bonds is 4. The van der Waals surface area contributed by atoms with Gasteiger partial charge in [-0.05, 0) is 50.2 Å². The summed E-state index contributed by atoms with van der Waals surface area (Å²) in [7, 11) is 0. The molecule has 0 saturated carbocycles. The molecule has 0 radical (unpaired) electrons. The van der Waals surface area contributed by atoms with Crippen molar-refractivity contribution in [3.63, 3.8) is 0 Å². The summed E-state index contributed by atoms with van der Waals surface area (Å²) >= 11 is 0. The molecule has 3 heterocycles. The smallest absolute Gasteiger partial charge is 0.253 e. The molecule has 4 rings (SSSR count). The second kappa shape index (κ2) is 6.68. The highest BCUT2D eigenvalue weighted by molar-refractivity contribution is 5.94. The summed E-state index contributed by atoms with van der Waals surface area (Å²) in [6.45, 7) is 3.79. The Kier molecular flexibility index (Phi) is 4.19. The molecule has 0 aliphatic heterocycles. The Labute approximate surface area is 155 Å². The topological polar surface area (TPSA) is 75.1 Å². The van der Waals surface area contributed by atoms with Gasteiger partial charge in [0.05, 0.1) is 17.3 Å². The van der Waals surface area contributed by atoms with Gasteiger partial charge >= 0.3 is 0 Å². The minimum atomic E-state index is -0.289. The van der Waals surface area contributed by atoms with E-state index in [9.17, 15) is 9.18 Å². The number of carbonyl (C=O) groups is 1. The standard InChI is InChI=1S/C20H18FN5O/c1-12-9-22-19(23-12)13(2)24-20(27)15-5-8-18-25-17(11-26(18)10-15)14-3-6-16(21)7-4-14/h3-11,13H,1-2H3,(H,22,23)(H,24,27)/t13-/m1/s1. The molecule has 4 aromatic rings.